The van der Waals surface area contributed by atoms with Crippen LogP contribution in [0.2, 0.25) is 5.02 Å². The van der Waals surface area contributed by atoms with Crippen molar-refractivity contribution >= 4 is 28.3 Å². The van der Waals surface area contributed by atoms with E-state index in [0.29, 0.717) is 6.42 Å². The third-order valence-corrected chi connectivity index (χ3v) is 3.18. The van der Waals surface area contributed by atoms with Crippen molar-refractivity contribution < 1.29 is 0 Å². The second kappa shape index (κ2) is 5.27. The minimum absolute atomic E-state index is 0.682. The Hall–Kier alpha value is -1.13. The lowest BCUT2D eigenvalue weighted by Gasteiger charge is -1.99. The molecule has 0 unspecified atom stereocenters. The zero-order valence-electron chi connectivity index (χ0n) is 8.90. The third kappa shape index (κ3) is 2.71. The fourth-order valence-electron chi connectivity index (χ4n) is 1.36. The summed E-state index contributed by atoms with van der Waals surface area (Å²) in [5.41, 5.74) is 1.06. The molecule has 0 aliphatic carbocycles. The van der Waals surface area contributed by atoms with E-state index in [1.165, 1.54) is 11.5 Å². The van der Waals surface area contributed by atoms with E-state index in [4.69, 9.17) is 11.6 Å². The Morgan fingerprint density at radius 1 is 1.38 bits per heavy atom. The van der Waals surface area contributed by atoms with E-state index in [0.717, 1.165) is 28.1 Å². The second-order valence-corrected chi connectivity index (χ2v) is 4.47. The average molecular weight is 254 g/mol. The predicted molar refractivity (Wildman–Crippen MR) is 68.3 cm³/mol. The monoisotopic (exact) mass is 253 g/mol. The lowest BCUT2D eigenvalue weighted by molar-refractivity contribution is 1.03. The molecule has 84 valence electrons. The minimum atomic E-state index is 0.682. The molecule has 0 aliphatic heterocycles. The van der Waals surface area contributed by atoms with Gasteiger partial charge in [-0.25, -0.2) is 4.98 Å². The quantitative estimate of drug-likeness (QED) is 0.909. The van der Waals surface area contributed by atoms with Gasteiger partial charge in [0.25, 0.3) is 0 Å². The van der Waals surface area contributed by atoms with E-state index < -0.39 is 0 Å². The first-order chi connectivity index (χ1) is 7.79. The van der Waals surface area contributed by atoms with Gasteiger partial charge in [-0.2, -0.15) is 4.37 Å². The van der Waals surface area contributed by atoms with E-state index in [2.05, 4.69) is 14.7 Å². The largest absolute Gasteiger partial charge is 0.361 e. The summed E-state index contributed by atoms with van der Waals surface area (Å²) in [6.07, 6.45) is 0.682. The van der Waals surface area contributed by atoms with Crippen LogP contribution in [0.5, 0.6) is 0 Å². The summed E-state index contributed by atoms with van der Waals surface area (Å²) in [5, 5.41) is 4.77. The van der Waals surface area contributed by atoms with Crippen LogP contribution in [-0.4, -0.2) is 15.9 Å². The SMILES string of the molecule is CCNc1nc(Cc2ccccc2Cl)ns1. The highest BCUT2D eigenvalue weighted by Gasteiger charge is 2.06. The highest BCUT2D eigenvalue weighted by molar-refractivity contribution is 7.09. The topological polar surface area (TPSA) is 37.8 Å². The van der Waals surface area contributed by atoms with Gasteiger partial charge in [0.2, 0.25) is 5.13 Å². The number of anilines is 1. The summed E-state index contributed by atoms with van der Waals surface area (Å²) < 4.78 is 4.28. The van der Waals surface area contributed by atoms with Crippen LogP contribution in [0.15, 0.2) is 24.3 Å². The molecule has 0 saturated carbocycles. The molecule has 16 heavy (non-hydrogen) atoms. The number of aromatic nitrogens is 2. The van der Waals surface area contributed by atoms with Gasteiger partial charge in [0.1, 0.15) is 5.82 Å². The van der Waals surface area contributed by atoms with Crippen LogP contribution >= 0.6 is 23.1 Å². The number of rotatable bonds is 4. The number of hydrogen-bond donors (Lipinski definition) is 1. The van der Waals surface area contributed by atoms with Crippen LogP contribution in [0, 0.1) is 0 Å². The highest BCUT2D eigenvalue weighted by Crippen LogP contribution is 2.19. The van der Waals surface area contributed by atoms with Gasteiger partial charge in [0, 0.05) is 29.5 Å². The summed E-state index contributed by atoms with van der Waals surface area (Å²) in [7, 11) is 0. The highest BCUT2D eigenvalue weighted by atomic mass is 35.5. The van der Waals surface area contributed by atoms with Gasteiger partial charge < -0.3 is 5.32 Å². The van der Waals surface area contributed by atoms with Gasteiger partial charge in [-0.15, -0.1) is 0 Å². The van der Waals surface area contributed by atoms with E-state index in [1.54, 1.807) is 0 Å². The van der Waals surface area contributed by atoms with Crippen molar-refractivity contribution in [1.29, 1.82) is 0 Å². The smallest absolute Gasteiger partial charge is 0.202 e. The molecule has 5 heteroatoms. The molecule has 0 amide bonds. The molecule has 0 spiro atoms. The summed E-state index contributed by atoms with van der Waals surface area (Å²) in [4.78, 5) is 4.37. The zero-order valence-corrected chi connectivity index (χ0v) is 10.5. The van der Waals surface area contributed by atoms with Gasteiger partial charge >= 0.3 is 0 Å². The van der Waals surface area contributed by atoms with Crippen LogP contribution in [0.1, 0.15) is 18.3 Å². The Bertz CT molecular complexity index is 470. The molecular formula is C11H12ClN3S. The second-order valence-electron chi connectivity index (χ2n) is 3.31. The molecule has 1 aromatic heterocycles. The van der Waals surface area contributed by atoms with Gasteiger partial charge in [-0.1, -0.05) is 29.8 Å². The Morgan fingerprint density at radius 3 is 2.94 bits per heavy atom. The molecule has 1 heterocycles. The molecule has 0 bridgehead atoms. The maximum absolute atomic E-state index is 6.07. The fourth-order valence-corrected chi connectivity index (χ4v) is 2.22. The van der Waals surface area contributed by atoms with Gasteiger partial charge in [-0.3, -0.25) is 0 Å². The fraction of sp³-hybridized carbons (Fsp3) is 0.273. The molecule has 0 aliphatic rings. The standard InChI is InChI=1S/C11H12ClN3S/c1-2-13-11-14-10(15-16-11)7-8-5-3-4-6-9(8)12/h3-6H,2,7H2,1H3,(H,13,14,15). The van der Waals surface area contributed by atoms with Crippen LogP contribution < -0.4 is 5.32 Å². The summed E-state index contributed by atoms with van der Waals surface area (Å²) in [6.45, 7) is 2.90. The van der Waals surface area contributed by atoms with Crippen molar-refractivity contribution in [1.82, 2.24) is 9.36 Å². The summed E-state index contributed by atoms with van der Waals surface area (Å²) >= 11 is 7.46. The van der Waals surface area contributed by atoms with E-state index in [-0.39, 0.29) is 0 Å². The van der Waals surface area contributed by atoms with Crippen molar-refractivity contribution in [3.63, 3.8) is 0 Å². The summed E-state index contributed by atoms with van der Waals surface area (Å²) in [5.74, 6) is 0.814. The molecule has 1 N–H and O–H groups in total. The van der Waals surface area contributed by atoms with Crippen LogP contribution in [0.3, 0.4) is 0 Å². The van der Waals surface area contributed by atoms with E-state index in [1.807, 2.05) is 31.2 Å². The molecular weight excluding hydrogens is 242 g/mol. The Labute approximate surface area is 104 Å². The number of hydrogen-bond acceptors (Lipinski definition) is 4. The Morgan fingerprint density at radius 2 is 2.19 bits per heavy atom. The first-order valence-electron chi connectivity index (χ1n) is 5.09. The van der Waals surface area contributed by atoms with Crippen LogP contribution in [0.25, 0.3) is 0 Å². The number of benzene rings is 1. The molecule has 3 nitrogen and oxygen atoms in total. The first-order valence-corrected chi connectivity index (χ1v) is 6.24. The minimum Gasteiger partial charge on any atom is -0.361 e. The predicted octanol–water partition coefficient (Wildman–Crippen LogP) is 3.21. The Balaban J connectivity index is 2.11. The lowest BCUT2D eigenvalue weighted by atomic mass is 10.1. The van der Waals surface area contributed by atoms with Crippen molar-refractivity contribution in [2.24, 2.45) is 0 Å². The van der Waals surface area contributed by atoms with E-state index in [9.17, 15) is 0 Å². The molecule has 0 saturated heterocycles. The summed E-state index contributed by atoms with van der Waals surface area (Å²) in [6, 6.07) is 7.77. The van der Waals surface area contributed by atoms with Crippen molar-refractivity contribution in [3.05, 3.63) is 40.7 Å². The maximum Gasteiger partial charge on any atom is 0.202 e. The van der Waals surface area contributed by atoms with Crippen LogP contribution in [0.4, 0.5) is 5.13 Å². The number of halogens is 1. The molecule has 0 fully saturated rings. The zero-order chi connectivity index (χ0) is 11.4. The third-order valence-electron chi connectivity index (χ3n) is 2.10. The molecule has 0 radical (unpaired) electrons. The molecule has 2 rings (SSSR count). The van der Waals surface area contributed by atoms with Gasteiger partial charge in [0.05, 0.1) is 0 Å². The normalized spacial score (nSPS) is 10.4. The number of nitrogens with one attached hydrogen (secondary N) is 1. The van der Waals surface area contributed by atoms with E-state index >= 15 is 0 Å². The lowest BCUT2D eigenvalue weighted by Crippen LogP contribution is -1.96. The first kappa shape index (κ1) is 11.4. The van der Waals surface area contributed by atoms with Crippen LogP contribution in [-0.2, 0) is 6.42 Å². The maximum atomic E-state index is 6.07. The van der Waals surface area contributed by atoms with Crippen molar-refractivity contribution in [3.8, 4) is 0 Å². The molecule has 2 aromatic rings. The van der Waals surface area contributed by atoms with Crippen molar-refractivity contribution in [2.75, 3.05) is 11.9 Å². The molecule has 1 aromatic carbocycles. The van der Waals surface area contributed by atoms with Gasteiger partial charge in [0.15, 0.2) is 0 Å². The molecule has 0 atom stereocenters. The van der Waals surface area contributed by atoms with Gasteiger partial charge in [-0.05, 0) is 18.6 Å². The van der Waals surface area contributed by atoms with Crippen molar-refractivity contribution in [2.45, 2.75) is 13.3 Å². The number of nitrogens with zero attached hydrogens (tertiary/aromatic N) is 2. The average Bonchev–Trinajstić information content (AvgIpc) is 2.70. The Kier molecular flexibility index (Phi) is 3.74.